The van der Waals surface area contributed by atoms with Crippen molar-refractivity contribution < 1.29 is 14.0 Å². The van der Waals surface area contributed by atoms with Gasteiger partial charge in [-0.15, -0.1) is 0 Å². The molecule has 2 N–H and O–H groups in total. The van der Waals surface area contributed by atoms with Crippen molar-refractivity contribution in [2.45, 2.75) is 13.3 Å². The second-order valence-electron chi connectivity index (χ2n) is 7.21. The Balaban J connectivity index is 1.37. The number of rotatable bonds is 7. The summed E-state index contributed by atoms with van der Waals surface area (Å²) in [4.78, 5) is 28.6. The van der Waals surface area contributed by atoms with Gasteiger partial charge in [0.15, 0.2) is 0 Å². The molecular weight excluding hydrogens is 371 g/mol. The van der Waals surface area contributed by atoms with Crippen molar-refractivity contribution in [1.29, 1.82) is 0 Å². The van der Waals surface area contributed by atoms with Gasteiger partial charge in [-0.1, -0.05) is 19.1 Å². The molecule has 7 heteroatoms. The summed E-state index contributed by atoms with van der Waals surface area (Å²) in [6.07, 6.45) is 0.973. The largest absolute Gasteiger partial charge is 0.325 e. The molecule has 1 aliphatic heterocycles. The summed E-state index contributed by atoms with van der Waals surface area (Å²) in [7, 11) is 0. The second kappa shape index (κ2) is 10.1. The van der Waals surface area contributed by atoms with Crippen molar-refractivity contribution in [2.75, 3.05) is 49.9 Å². The van der Waals surface area contributed by atoms with Gasteiger partial charge in [-0.2, -0.15) is 0 Å². The number of amides is 2. The number of piperazine rings is 1. The lowest BCUT2D eigenvalue weighted by molar-refractivity contribution is -0.120. The number of carbonyl (C=O) groups excluding carboxylic acids is 2. The van der Waals surface area contributed by atoms with Crippen molar-refractivity contribution in [2.24, 2.45) is 0 Å². The molecule has 1 aliphatic rings. The van der Waals surface area contributed by atoms with Gasteiger partial charge < -0.3 is 10.6 Å². The maximum absolute atomic E-state index is 12.9. The van der Waals surface area contributed by atoms with Crippen molar-refractivity contribution in [3.63, 3.8) is 0 Å². The zero-order valence-electron chi connectivity index (χ0n) is 16.7. The first-order valence-electron chi connectivity index (χ1n) is 9.91. The van der Waals surface area contributed by atoms with Gasteiger partial charge >= 0.3 is 0 Å². The Morgan fingerprint density at radius 3 is 1.62 bits per heavy atom. The Kier molecular flexibility index (Phi) is 7.32. The van der Waals surface area contributed by atoms with E-state index in [1.165, 1.54) is 17.7 Å². The maximum atomic E-state index is 12.9. The molecular formula is C22H27FN4O2. The molecule has 0 spiro atoms. The van der Waals surface area contributed by atoms with Crippen LogP contribution in [0.1, 0.15) is 12.5 Å². The van der Waals surface area contributed by atoms with Crippen molar-refractivity contribution in [1.82, 2.24) is 9.80 Å². The summed E-state index contributed by atoms with van der Waals surface area (Å²) >= 11 is 0. The number of carbonyl (C=O) groups is 2. The predicted molar refractivity (Wildman–Crippen MR) is 112 cm³/mol. The number of hydrogen-bond donors (Lipinski definition) is 2. The number of aryl methyl sites for hydroxylation is 1. The van der Waals surface area contributed by atoms with Crippen molar-refractivity contribution in [3.05, 3.63) is 59.9 Å². The van der Waals surface area contributed by atoms with Gasteiger partial charge in [0.1, 0.15) is 5.82 Å². The molecule has 1 fully saturated rings. The number of halogens is 1. The van der Waals surface area contributed by atoms with Crippen LogP contribution in [0.4, 0.5) is 15.8 Å². The Labute approximate surface area is 170 Å². The number of hydrogen-bond acceptors (Lipinski definition) is 4. The third-order valence-corrected chi connectivity index (χ3v) is 4.97. The van der Waals surface area contributed by atoms with E-state index in [1.807, 2.05) is 24.3 Å². The van der Waals surface area contributed by atoms with E-state index in [4.69, 9.17) is 0 Å². The van der Waals surface area contributed by atoms with Crippen molar-refractivity contribution in [3.8, 4) is 0 Å². The smallest absolute Gasteiger partial charge is 0.238 e. The van der Waals surface area contributed by atoms with Crippen molar-refractivity contribution >= 4 is 23.2 Å². The van der Waals surface area contributed by atoms with E-state index in [1.54, 1.807) is 12.1 Å². The van der Waals surface area contributed by atoms with Gasteiger partial charge in [-0.3, -0.25) is 19.4 Å². The molecule has 0 atom stereocenters. The van der Waals surface area contributed by atoms with Crippen LogP contribution in [0, 0.1) is 5.82 Å². The monoisotopic (exact) mass is 398 g/mol. The fourth-order valence-electron chi connectivity index (χ4n) is 3.27. The summed E-state index contributed by atoms with van der Waals surface area (Å²) in [6, 6.07) is 13.6. The fourth-order valence-corrected chi connectivity index (χ4v) is 3.27. The van der Waals surface area contributed by atoms with Crippen LogP contribution in [0.3, 0.4) is 0 Å². The molecule has 0 radical (unpaired) electrons. The first-order valence-corrected chi connectivity index (χ1v) is 9.91. The molecule has 1 heterocycles. The Hall–Kier alpha value is -2.77. The molecule has 0 saturated carbocycles. The molecule has 0 bridgehead atoms. The fraction of sp³-hybridized carbons (Fsp3) is 0.364. The van der Waals surface area contributed by atoms with Crippen LogP contribution in [0.2, 0.25) is 0 Å². The van der Waals surface area contributed by atoms with Crippen LogP contribution in [-0.4, -0.2) is 60.9 Å². The topological polar surface area (TPSA) is 64.7 Å². The normalized spacial score (nSPS) is 15.1. The third kappa shape index (κ3) is 6.66. The van der Waals surface area contributed by atoms with Gasteiger partial charge in [-0.05, 0) is 48.4 Å². The van der Waals surface area contributed by atoms with Gasteiger partial charge in [-0.25, -0.2) is 4.39 Å². The van der Waals surface area contributed by atoms with E-state index in [2.05, 4.69) is 27.4 Å². The molecule has 0 unspecified atom stereocenters. The summed E-state index contributed by atoms with van der Waals surface area (Å²) < 4.78 is 12.9. The molecule has 0 aliphatic carbocycles. The highest BCUT2D eigenvalue weighted by Gasteiger charge is 2.20. The van der Waals surface area contributed by atoms with E-state index in [-0.39, 0.29) is 24.2 Å². The number of benzene rings is 2. The molecule has 29 heavy (non-hydrogen) atoms. The summed E-state index contributed by atoms with van der Waals surface area (Å²) in [5.41, 5.74) is 2.63. The summed E-state index contributed by atoms with van der Waals surface area (Å²) in [5.74, 6) is -0.490. The van der Waals surface area contributed by atoms with Crippen LogP contribution < -0.4 is 10.6 Å². The Bertz CT molecular complexity index is 816. The SMILES string of the molecule is CCc1ccc(NC(=O)CN2CCN(CC(=O)Nc3ccc(F)cc3)CC2)cc1. The highest BCUT2D eigenvalue weighted by molar-refractivity contribution is 5.92. The molecule has 1 saturated heterocycles. The zero-order valence-corrected chi connectivity index (χ0v) is 16.7. The highest BCUT2D eigenvalue weighted by Crippen LogP contribution is 2.11. The minimum absolute atomic E-state index is 0.0308. The second-order valence-corrected chi connectivity index (χ2v) is 7.21. The van der Waals surface area contributed by atoms with E-state index < -0.39 is 0 Å². The average Bonchev–Trinajstić information content (AvgIpc) is 2.72. The molecule has 2 aromatic rings. The van der Waals surface area contributed by atoms with Crippen LogP contribution >= 0.6 is 0 Å². The predicted octanol–water partition coefficient (Wildman–Crippen LogP) is 2.58. The minimum Gasteiger partial charge on any atom is -0.325 e. The standard InChI is InChI=1S/C22H27FN4O2/c1-2-17-3-7-19(8-4-17)24-21(28)15-26-11-13-27(14-12-26)16-22(29)25-20-9-5-18(23)6-10-20/h3-10H,2,11-16H2,1H3,(H,24,28)(H,25,29). The maximum Gasteiger partial charge on any atom is 0.238 e. The Morgan fingerprint density at radius 2 is 1.21 bits per heavy atom. The highest BCUT2D eigenvalue weighted by atomic mass is 19.1. The number of nitrogens with one attached hydrogen (secondary N) is 2. The molecule has 2 aromatic carbocycles. The van der Waals surface area contributed by atoms with E-state index in [0.717, 1.165) is 38.3 Å². The first kappa shape index (κ1) is 21.0. The molecule has 3 rings (SSSR count). The van der Waals surface area contributed by atoms with E-state index in [9.17, 15) is 14.0 Å². The first-order chi connectivity index (χ1) is 14.0. The zero-order chi connectivity index (χ0) is 20.6. The lowest BCUT2D eigenvalue weighted by atomic mass is 10.1. The molecule has 6 nitrogen and oxygen atoms in total. The third-order valence-electron chi connectivity index (χ3n) is 4.97. The number of nitrogens with zero attached hydrogens (tertiary/aromatic N) is 2. The lowest BCUT2D eigenvalue weighted by Crippen LogP contribution is -2.50. The lowest BCUT2D eigenvalue weighted by Gasteiger charge is -2.33. The molecule has 154 valence electrons. The van der Waals surface area contributed by atoms with Crippen LogP contribution in [0.15, 0.2) is 48.5 Å². The van der Waals surface area contributed by atoms with E-state index in [0.29, 0.717) is 12.2 Å². The number of anilines is 2. The van der Waals surface area contributed by atoms with E-state index >= 15 is 0 Å². The summed E-state index contributed by atoms with van der Waals surface area (Å²) in [5, 5.41) is 5.70. The van der Waals surface area contributed by atoms with Crippen LogP contribution in [0.25, 0.3) is 0 Å². The van der Waals surface area contributed by atoms with Gasteiger partial charge in [0.2, 0.25) is 11.8 Å². The Morgan fingerprint density at radius 1 is 0.793 bits per heavy atom. The van der Waals surface area contributed by atoms with Crippen LogP contribution in [0.5, 0.6) is 0 Å². The molecule has 2 amide bonds. The average molecular weight is 398 g/mol. The quantitative estimate of drug-likeness (QED) is 0.753. The summed E-state index contributed by atoms with van der Waals surface area (Å²) in [6.45, 7) is 5.61. The van der Waals surface area contributed by atoms with Gasteiger partial charge in [0.05, 0.1) is 13.1 Å². The van der Waals surface area contributed by atoms with Crippen LogP contribution in [-0.2, 0) is 16.0 Å². The van der Waals surface area contributed by atoms with Gasteiger partial charge in [0.25, 0.3) is 0 Å². The van der Waals surface area contributed by atoms with Gasteiger partial charge in [0, 0.05) is 37.6 Å². The minimum atomic E-state index is -0.332. The molecule has 0 aromatic heterocycles.